The molecule has 0 amide bonds. The van der Waals surface area contributed by atoms with Crippen molar-refractivity contribution in [1.82, 2.24) is 4.98 Å². The Morgan fingerprint density at radius 3 is 2.32 bits per heavy atom. The van der Waals surface area contributed by atoms with Gasteiger partial charge in [0.2, 0.25) is 0 Å². The lowest BCUT2D eigenvalue weighted by atomic mass is 10.1. The molecule has 3 rings (SSSR count). The van der Waals surface area contributed by atoms with Gasteiger partial charge in [0.05, 0.1) is 13.2 Å². The molecule has 0 saturated carbocycles. The van der Waals surface area contributed by atoms with Gasteiger partial charge in [-0.15, -0.1) is 0 Å². The molecule has 0 aliphatic carbocycles. The Labute approximate surface area is 148 Å². The van der Waals surface area contributed by atoms with E-state index in [2.05, 4.69) is 24.9 Å². The number of ether oxygens (including phenoxy) is 3. The second kappa shape index (κ2) is 8.49. The molecular formula is C21H23NO3. The molecule has 0 aliphatic rings. The Morgan fingerprint density at radius 1 is 0.800 bits per heavy atom. The molecule has 0 atom stereocenters. The number of nitrogens with zero attached hydrogens (tertiary/aromatic N) is 1. The molecule has 0 fully saturated rings. The zero-order chi connectivity index (χ0) is 17.5. The van der Waals surface area contributed by atoms with Gasteiger partial charge in [0.1, 0.15) is 30.2 Å². The highest BCUT2D eigenvalue weighted by atomic mass is 16.5. The zero-order valence-corrected chi connectivity index (χ0v) is 14.7. The van der Waals surface area contributed by atoms with Crippen LogP contribution in [-0.2, 0) is 4.74 Å². The van der Waals surface area contributed by atoms with E-state index in [0.717, 1.165) is 22.4 Å². The van der Waals surface area contributed by atoms with Crippen LogP contribution in [0.1, 0.15) is 11.1 Å². The van der Waals surface area contributed by atoms with Crippen molar-refractivity contribution in [3.05, 3.63) is 65.9 Å². The molecule has 4 heteroatoms. The van der Waals surface area contributed by atoms with Gasteiger partial charge in [-0.25, -0.2) is 0 Å². The Morgan fingerprint density at radius 2 is 1.52 bits per heavy atom. The van der Waals surface area contributed by atoms with E-state index < -0.39 is 0 Å². The monoisotopic (exact) mass is 337 g/mol. The third-order valence-electron chi connectivity index (χ3n) is 3.77. The maximum Gasteiger partial charge on any atom is 0.145 e. The molecule has 1 aromatic heterocycles. The molecule has 0 unspecified atom stereocenters. The minimum absolute atomic E-state index is 0.485. The summed E-state index contributed by atoms with van der Waals surface area (Å²) >= 11 is 0. The van der Waals surface area contributed by atoms with E-state index in [4.69, 9.17) is 14.2 Å². The van der Waals surface area contributed by atoms with Crippen molar-refractivity contribution >= 4 is 10.9 Å². The van der Waals surface area contributed by atoms with Crippen molar-refractivity contribution < 1.29 is 14.2 Å². The Bertz CT molecular complexity index is 807. The summed E-state index contributed by atoms with van der Waals surface area (Å²) in [4.78, 5) is 4.37. The van der Waals surface area contributed by atoms with Crippen molar-refractivity contribution in [2.45, 2.75) is 13.8 Å². The average molecular weight is 337 g/mol. The van der Waals surface area contributed by atoms with Crippen LogP contribution in [0.3, 0.4) is 0 Å². The van der Waals surface area contributed by atoms with E-state index in [-0.39, 0.29) is 0 Å². The van der Waals surface area contributed by atoms with Crippen molar-refractivity contribution in [1.29, 1.82) is 0 Å². The predicted molar refractivity (Wildman–Crippen MR) is 99.5 cm³/mol. The van der Waals surface area contributed by atoms with Gasteiger partial charge in [-0.1, -0.05) is 24.3 Å². The van der Waals surface area contributed by atoms with Gasteiger partial charge in [-0.05, 0) is 49.2 Å². The van der Waals surface area contributed by atoms with Crippen LogP contribution in [0.5, 0.6) is 11.5 Å². The summed E-state index contributed by atoms with van der Waals surface area (Å²) in [6, 6.07) is 16.1. The van der Waals surface area contributed by atoms with Crippen LogP contribution < -0.4 is 9.47 Å². The SMILES string of the molecule is Cc1cc(C)cc(OCCOCCOc2cccc3cccnc23)c1. The molecule has 0 spiro atoms. The molecule has 3 aromatic rings. The second-order valence-corrected chi connectivity index (χ2v) is 5.96. The number of aromatic nitrogens is 1. The number of hydrogen-bond donors (Lipinski definition) is 0. The quantitative estimate of drug-likeness (QED) is 0.574. The molecule has 4 nitrogen and oxygen atoms in total. The first-order valence-electron chi connectivity index (χ1n) is 8.48. The van der Waals surface area contributed by atoms with Gasteiger partial charge in [-0.3, -0.25) is 4.98 Å². The summed E-state index contributed by atoms with van der Waals surface area (Å²) in [5.41, 5.74) is 3.28. The van der Waals surface area contributed by atoms with E-state index >= 15 is 0 Å². The lowest BCUT2D eigenvalue weighted by Crippen LogP contribution is -2.12. The van der Waals surface area contributed by atoms with Gasteiger partial charge in [0.25, 0.3) is 0 Å². The van der Waals surface area contributed by atoms with E-state index in [1.54, 1.807) is 6.20 Å². The summed E-state index contributed by atoms with van der Waals surface area (Å²) < 4.78 is 17.1. The molecule has 1 heterocycles. The molecule has 0 aliphatic heterocycles. The molecule has 25 heavy (non-hydrogen) atoms. The second-order valence-electron chi connectivity index (χ2n) is 5.96. The van der Waals surface area contributed by atoms with Crippen molar-refractivity contribution in [2.75, 3.05) is 26.4 Å². The Kier molecular flexibility index (Phi) is 5.86. The number of aryl methyl sites for hydroxylation is 2. The largest absolute Gasteiger partial charge is 0.491 e. The fraction of sp³-hybridized carbons (Fsp3) is 0.286. The smallest absolute Gasteiger partial charge is 0.145 e. The number of hydrogen-bond acceptors (Lipinski definition) is 4. The van der Waals surface area contributed by atoms with Crippen LogP contribution in [0.4, 0.5) is 0 Å². The van der Waals surface area contributed by atoms with Crippen LogP contribution in [0.2, 0.25) is 0 Å². The third kappa shape index (κ3) is 4.94. The Balaban J connectivity index is 1.37. The third-order valence-corrected chi connectivity index (χ3v) is 3.77. The lowest BCUT2D eigenvalue weighted by molar-refractivity contribution is 0.0767. The van der Waals surface area contributed by atoms with E-state index in [0.29, 0.717) is 26.4 Å². The maximum atomic E-state index is 5.79. The standard InChI is InChI=1S/C21H23NO3/c1-16-13-17(2)15-19(14-16)24-11-9-23-10-12-25-20-7-3-5-18-6-4-8-22-21(18)20/h3-8,13-15H,9-12H2,1-2H3. The summed E-state index contributed by atoms with van der Waals surface area (Å²) in [7, 11) is 0. The number of benzene rings is 2. The van der Waals surface area contributed by atoms with Crippen LogP contribution in [0.15, 0.2) is 54.7 Å². The number of para-hydroxylation sites is 1. The molecule has 2 aromatic carbocycles. The number of rotatable bonds is 8. The van der Waals surface area contributed by atoms with Crippen LogP contribution >= 0.6 is 0 Å². The van der Waals surface area contributed by atoms with Gasteiger partial charge >= 0.3 is 0 Å². The fourth-order valence-corrected chi connectivity index (χ4v) is 2.74. The van der Waals surface area contributed by atoms with E-state index in [1.165, 1.54) is 11.1 Å². The van der Waals surface area contributed by atoms with Gasteiger partial charge in [0.15, 0.2) is 0 Å². The summed E-state index contributed by atoms with van der Waals surface area (Å²) in [5.74, 6) is 1.67. The molecule has 130 valence electrons. The first-order valence-corrected chi connectivity index (χ1v) is 8.48. The summed E-state index contributed by atoms with van der Waals surface area (Å²) in [5, 5.41) is 1.07. The first-order chi connectivity index (χ1) is 12.2. The average Bonchev–Trinajstić information content (AvgIpc) is 2.60. The highest BCUT2D eigenvalue weighted by molar-refractivity contribution is 5.84. The highest BCUT2D eigenvalue weighted by Crippen LogP contribution is 2.22. The van der Waals surface area contributed by atoms with Crippen molar-refractivity contribution in [2.24, 2.45) is 0 Å². The lowest BCUT2D eigenvalue weighted by Gasteiger charge is -2.10. The van der Waals surface area contributed by atoms with E-state index in [9.17, 15) is 0 Å². The minimum atomic E-state index is 0.485. The fourth-order valence-electron chi connectivity index (χ4n) is 2.74. The molecule has 0 bridgehead atoms. The van der Waals surface area contributed by atoms with Crippen molar-refractivity contribution in [3.63, 3.8) is 0 Å². The van der Waals surface area contributed by atoms with E-state index in [1.807, 2.05) is 42.5 Å². The van der Waals surface area contributed by atoms with Crippen LogP contribution in [-0.4, -0.2) is 31.4 Å². The molecular weight excluding hydrogens is 314 g/mol. The minimum Gasteiger partial charge on any atom is -0.491 e. The molecule has 0 N–H and O–H groups in total. The number of pyridine rings is 1. The number of fused-ring (bicyclic) bond motifs is 1. The first kappa shape index (κ1) is 17.2. The van der Waals surface area contributed by atoms with Gasteiger partial charge in [0, 0.05) is 11.6 Å². The molecule has 0 saturated heterocycles. The topological polar surface area (TPSA) is 40.6 Å². The van der Waals surface area contributed by atoms with Gasteiger partial charge < -0.3 is 14.2 Å². The van der Waals surface area contributed by atoms with Crippen molar-refractivity contribution in [3.8, 4) is 11.5 Å². The zero-order valence-electron chi connectivity index (χ0n) is 14.7. The highest BCUT2D eigenvalue weighted by Gasteiger charge is 2.02. The Hall–Kier alpha value is -2.59. The van der Waals surface area contributed by atoms with Crippen LogP contribution in [0, 0.1) is 13.8 Å². The summed E-state index contributed by atoms with van der Waals surface area (Å²) in [6.07, 6.45) is 1.77. The predicted octanol–water partition coefficient (Wildman–Crippen LogP) is 4.33. The molecule has 0 radical (unpaired) electrons. The normalized spacial score (nSPS) is 10.8. The van der Waals surface area contributed by atoms with Crippen LogP contribution in [0.25, 0.3) is 10.9 Å². The van der Waals surface area contributed by atoms with Gasteiger partial charge in [-0.2, -0.15) is 0 Å². The maximum absolute atomic E-state index is 5.79. The summed E-state index contributed by atoms with van der Waals surface area (Å²) in [6.45, 7) is 6.19.